The molecule has 0 aliphatic heterocycles. The Labute approximate surface area is 117 Å². The van der Waals surface area contributed by atoms with Crippen LogP contribution in [0.2, 0.25) is 0 Å². The van der Waals surface area contributed by atoms with E-state index in [1.165, 1.54) is 30.3 Å². The van der Waals surface area contributed by atoms with E-state index in [9.17, 15) is 18.0 Å². The van der Waals surface area contributed by atoms with E-state index >= 15 is 0 Å². The van der Waals surface area contributed by atoms with Gasteiger partial charge in [0, 0.05) is 17.9 Å². The molecule has 0 saturated carbocycles. The van der Waals surface area contributed by atoms with Crippen LogP contribution >= 0.6 is 0 Å². The van der Waals surface area contributed by atoms with E-state index in [1.807, 2.05) is 0 Å². The minimum Gasteiger partial charge on any atom is -0.453 e. The maximum Gasteiger partial charge on any atom is 0.202 e. The Morgan fingerprint density at radius 2 is 1.67 bits per heavy atom. The molecule has 1 heterocycles. The van der Waals surface area contributed by atoms with Gasteiger partial charge in [0.1, 0.15) is 23.0 Å². The zero-order chi connectivity index (χ0) is 15.0. The van der Waals surface area contributed by atoms with Crippen LogP contribution in [-0.2, 0) is 6.42 Å². The molecule has 21 heavy (non-hydrogen) atoms. The molecule has 2 aromatic carbocycles. The molecule has 0 aliphatic carbocycles. The summed E-state index contributed by atoms with van der Waals surface area (Å²) in [5.41, 5.74) is 0.451. The van der Waals surface area contributed by atoms with Crippen molar-refractivity contribution < 1.29 is 22.4 Å². The van der Waals surface area contributed by atoms with E-state index in [0.29, 0.717) is 11.0 Å². The Morgan fingerprint density at radius 3 is 2.43 bits per heavy atom. The monoisotopic (exact) mass is 290 g/mol. The molecule has 0 radical (unpaired) electrons. The van der Waals surface area contributed by atoms with Crippen LogP contribution in [0.4, 0.5) is 13.2 Å². The highest BCUT2D eigenvalue weighted by molar-refractivity contribution is 5.98. The summed E-state index contributed by atoms with van der Waals surface area (Å²) < 4.78 is 44.7. The second kappa shape index (κ2) is 5.09. The third-order valence-corrected chi connectivity index (χ3v) is 3.12. The van der Waals surface area contributed by atoms with Gasteiger partial charge in [-0.25, -0.2) is 13.2 Å². The summed E-state index contributed by atoms with van der Waals surface area (Å²) in [6.45, 7) is 0. The molecular formula is C16H9F3O2. The molecule has 0 fully saturated rings. The second-order valence-corrected chi connectivity index (χ2v) is 4.63. The number of hydrogen-bond acceptors (Lipinski definition) is 2. The number of carbonyl (C=O) groups is 1. The number of benzene rings is 2. The number of carbonyl (C=O) groups excluding carboxylic acids is 1. The van der Waals surface area contributed by atoms with Crippen LogP contribution in [0.1, 0.15) is 16.1 Å². The summed E-state index contributed by atoms with van der Waals surface area (Å²) in [4.78, 5) is 12.1. The topological polar surface area (TPSA) is 30.2 Å². The Hall–Kier alpha value is -2.56. The van der Waals surface area contributed by atoms with Crippen molar-refractivity contribution >= 4 is 16.8 Å². The summed E-state index contributed by atoms with van der Waals surface area (Å²) >= 11 is 0. The van der Waals surface area contributed by atoms with Crippen LogP contribution in [-0.4, -0.2) is 5.78 Å². The summed E-state index contributed by atoms with van der Waals surface area (Å²) in [5, 5.41) is 0.456. The van der Waals surface area contributed by atoms with Crippen LogP contribution in [0, 0.1) is 17.5 Å². The lowest BCUT2D eigenvalue weighted by atomic mass is 10.1. The van der Waals surface area contributed by atoms with Crippen molar-refractivity contribution in [1.82, 2.24) is 0 Å². The fourth-order valence-electron chi connectivity index (χ4n) is 2.08. The van der Waals surface area contributed by atoms with Crippen LogP contribution in [0.15, 0.2) is 46.9 Å². The Bertz CT molecular complexity index is 837. The fraction of sp³-hybridized carbons (Fsp3) is 0.0625. The highest BCUT2D eigenvalue weighted by Crippen LogP contribution is 2.22. The molecule has 3 rings (SSSR count). The maximum atomic E-state index is 13.5. The van der Waals surface area contributed by atoms with Crippen molar-refractivity contribution in [3.05, 3.63) is 71.2 Å². The first kappa shape index (κ1) is 13.4. The number of furan rings is 1. The lowest BCUT2D eigenvalue weighted by molar-refractivity contribution is 0.0967. The minimum absolute atomic E-state index is 0.0133. The molecular weight excluding hydrogens is 281 g/mol. The molecule has 0 aliphatic rings. The molecule has 1 aromatic heterocycles. The van der Waals surface area contributed by atoms with Crippen molar-refractivity contribution in [3.63, 3.8) is 0 Å². The highest BCUT2D eigenvalue weighted by atomic mass is 19.1. The lowest BCUT2D eigenvalue weighted by Crippen LogP contribution is -2.04. The third-order valence-electron chi connectivity index (χ3n) is 3.12. The van der Waals surface area contributed by atoms with Crippen LogP contribution < -0.4 is 0 Å². The summed E-state index contributed by atoms with van der Waals surface area (Å²) in [5.74, 6) is -2.38. The smallest absolute Gasteiger partial charge is 0.202 e. The molecule has 0 unspecified atom stereocenters. The van der Waals surface area contributed by atoms with Gasteiger partial charge in [0.15, 0.2) is 5.76 Å². The number of hydrogen-bond donors (Lipinski definition) is 0. The van der Waals surface area contributed by atoms with Gasteiger partial charge in [-0.2, -0.15) is 0 Å². The quantitative estimate of drug-likeness (QED) is 0.674. The van der Waals surface area contributed by atoms with E-state index in [4.69, 9.17) is 4.42 Å². The largest absolute Gasteiger partial charge is 0.453 e. The maximum absolute atomic E-state index is 13.5. The molecule has 0 bridgehead atoms. The van der Waals surface area contributed by atoms with Gasteiger partial charge >= 0.3 is 0 Å². The van der Waals surface area contributed by atoms with Gasteiger partial charge in [-0.1, -0.05) is 6.07 Å². The predicted molar refractivity (Wildman–Crippen MR) is 70.6 cm³/mol. The molecule has 0 spiro atoms. The van der Waals surface area contributed by atoms with Crippen molar-refractivity contribution in [2.75, 3.05) is 0 Å². The van der Waals surface area contributed by atoms with E-state index < -0.39 is 23.2 Å². The fourth-order valence-corrected chi connectivity index (χ4v) is 2.08. The van der Waals surface area contributed by atoms with Crippen LogP contribution in [0.25, 0.3) is 11.0 Å². The molecule has 2 nitrogen and oxygen atoms in total. The van der Waals surface area contributed by atoms with Crippen molar-refractivity contribution in [1.29, 1.82) is 0 Å². The zero-order valence-electron chi connectivity index (χ0n) is 10.7. The van der Waals surface area contributed by atoms with Gasteiger partial charge in [0.25, 0.3) is 0 Å². The van der Waals surface area contributed by atoms with E-state index in [0.717, 1.165) is 12.1 Å². The standard InChI is InChI=1S/C16H9F3O2/c17-11-3-4-15-10(5-11)7-16(21-15)14(20)6-9-1-2-12(18)8-13(9)19/h1-5,7-8H,6H2. The second-order valence-electron chi connectivity index (χ2n) is 4.63. The summed E-state index contributed by atoms with van der Waals surface area (Å²) in [6.07, 6.45) is -0.256. The molecule has 5 heteroatoms. The number of ketones is 1. The Balaban J connectivity index is 1.89. The van der Waals surface area contributed by atoms with Crippen LogP contribution in [0.3, 0.4) is 0 Å². The van der Waals surface area contributed by atoms with Crippen molar-refractivity contribution in [2.24, 2.45) is 0 Å². The average Bonchev–Trinajstić information content (AvgIpc) is 2.85. The summed E-state index contributed by atoms with van der Waals surface area (Å²) in [6, 6.07) is 8.30. The van der Waals surface area contributed by atoms with E-state index in [2.05, 4.69) is 0 Å². The Morgan fingerprint density at radius 1 is 0.952 bits per heavy atom. The van der Waals surface area contributed by atoms with Gasteiger partial charge in [0.2, 0.25) is 5.78 Å². The zero-order valence-corrected chi connectivity index (χ0v) is 10.7. The van der Waals surface area contributed by atoms with Crippen molar-refractivity contribution in [2.45, 2.75) is 6.42 Å². The molecule has 3 aromatic rings. The highest BCUT2D eigenvalue weighted by Gasteiger charge is 2.15. The molecule has 106 valence electrons. The lowest BCUT2D eigenvalue weighted by Gasteiger charge is -2.01. The molecule has 0 amide bonds. The molecule has 0 N–H and O–H groups in total. The number of rotatable bonds is 3. The number of halogens is 3. The first-order valence-corrected chi connectivity index (χ1v) is 6.19. The number of fused-ring (bicyclic) bond motifs is 1. The molecule has 0 saturated heterocycles. The predicted octanol–water partition coefficient (Wildman–Crippen LogP) is 4.28. The number of Topliss-reactive ketones (excluding diaryl/α,β-unsaturated/α-hetero) is 1. The van der Waals surface area contributed by atoms with Gasteiger partial charge in [-0.05, 0) is 35.9 Å². The van der Waals surface area contributed by atoms with Gasteiger partial charge in [-0.3, -0.25) is 4.79 Å². The first-order valence-electron chi connectivity index (χ1n) is 6.19. The minimum atomic E-state index is -0.787. The van der Waals surface area contributed by atoms with Gasteiger partial charge in [0.05, 0.1) is 0 Å². The van der Waals surface area contributed by atoms with Crippen LogP contribution in [0.5, 0.6) is 0 Å². The Kier molecular flexibility index (Phi) is 3.25. The van der Waals surface area contributed by atoms with E-state index in [-0.39, 0.29) is 17.7 Å². The average molecular weight is 290 g/mol. The van der Waals surface area contributed by atoms with Gasteiger partial charge < -0.3 is 4.42 Å². The van der Waals surface area contributed by atoms with Gasteiger partial charge in [-0.15, -0.1) is 0 Å². The first-order chi connectivity index (χ1) is 10.0. The van der Waals surface area contributed by atoms with E-state index in [1.54, 1.807) is 0 Å². The normalized spacial score (nSPS) is 11.0. The third kappa shape index (κ3) is 2.67. The van der Waals surface area contributed by atoms with Crippen molar-refractivity contribution in [3.8, 4) is 0 Å². The summed E-state index contributed by atoms with van der Waals surface area (Å²) in [7, 11) is 0. The SMILES string of the molecule is O=C(Cc1ccc(F)cc1F)c1cc2cc(F)ccc2o1. The molecule has 0 atom stereocenters.